The van der Waals surface area contributed by atoms with Gasteiger partial charge in [-0.15, -0.1) is 23.1 Å². The second kappa shape index (κ2) is 12.2. The number of halogens is 1. The van der Waals surface area contributed by atoms with E-state index in [-0.39, 0.29) is 11.8 Å². The van der Waals surface area contributed by atoms with Crippen LogP contribution < -0.4 is 10.6 Å². The standard InChI is InChI=1S/C27H24BrN3O2S2/c1-2-7-24(32)29-21-10-6-11-22(16-21)35-25(19-8-4-3-5-9-19)26(33)31-27-30-23(17-34-27)18-12-14-20(28)15-13-18/h3-6,8-17,25H,2,7H2,1H3,(H,29,32)(H,30,31,33). The van der Waals surface area contributed by atoms with Gasteiger partial charge in [0.25, 0.3) is 0 Å². The van der Waals surface area contributed by atoms with Crippen molar-refractivity contribution >= 4 is 61.7 Å². The van der Waals surface area contributed by atoms with Gasteiger partial charge in [0.2, 0.25) is 11.8 Å². The Morgan fingerprint density at radius 1 is 1.00 bits per heavy atom. The third-order valence-electron chi connectivity index (χ3n) is 5.06. The number of rotatable bonds is 9. The average molecular weight is 567 g/mol. The zero-order chi connectivity index (χ0) is 24.6. The number of carbonyl (C=O) groups is 2. The lowest BCUT2D eigenvalue weighted by molar-refractivity contribution is -0.116. The van der Waals surface area contributed by atoms with Gasteiger partial charge in [0, 0.05) is 32.4 Å². The molecule has 4 aromatic rings. The predicted octanol–water partition coefficient (Wildman–Crippen LogP) is 7.78. The van der Waals surface area contributed by atoms with Crippen LogP contribution in [0.1, 0.15) is 30.6 Å². The van der Waals surface area contributed by atoms with Gasteiger partial charge >= 0.3 is 0 Å². The van der Waals surface area contributed by atoms with Crippen LogP contribution in [0.25, 0.3) is 11.3 Å². The fourth-order valence-corrected chi connectivity index (χ4v) is 5.46. The van der Waals surface area contributed by atoms with Gasteiger partial charge in [-0.2, -0.15) is 0 Å². The number of carbonyl (C=O) groups excluding carboxylic acids is 2. The summed E-state index contributed by atoms with van der Waals surface area (Å²) in [4.78, 5) is 30.9. The molecule has 0 radical (unpaired) electrons. The molecule has 5 nitrogen and oxygen atoms in total. The minimum Gasteiger partial charge on any atom is -0.326 e. The van der Waals surface area contributed by atoms with Crippen LogP contribution in [-0.4, -0.2) is 16.8 Å². The summed E-state index contributed by atoms with van der Waals surface area (Å²) in [5.41, 5.74) is 3.41. The molecule has 0 bridgehead atoms. The van der Waals surface area contributed by atoms with Crippen molar-refractivity contribution in [1.82, 2.24) is 4.98 Å². The normalized spacial score (nSPS) is 11.6. The van der Waals surface area contributed by atoms with Gasteiger partial charge in [0.05, 0.1) is 5.69 Å². The SMILES string of the molecule is CCCC(=O)Nc1cccc(SC(C(=O)Nc2nc(-c3ccc(Br)cc3)cs2)c2ccccc2)c1. The maximum Gasteiger partial charge on any atom is 0.244 e. The molecule has 3 aromatic carbocycles. The van der Waals surface area contributed by atoms with Crippen LogP contribution in [0.5, 0.6) is 0 Å². The molecule has 35 heavy (non-hydrogen) atoms. The molecule has 0 aliphatic carbocycles. The van der Waals surface area contributed by atoms with Crippen molar-refractivity contribution in [3.63, 3.8) is 0 Å². The monoisotopic (exact) mass is 565 g/mol. The first-order valence-electron chi connectivity index (χ1n) is 11.2. The molecular formula is C27H24BrN3O2S2. The Morgan fingerprint density at radius 2 is 1.77 bits per heavy atom. The number of benzene rings is 3. The fraction of sp³-hybridized carbons (Fsp3) is 0.148. The van der Waals surface area contributed by atoms with Crippen LogP contribution in [-0.2, 0) is 9.59 Å². The maximum atomic E-state index is 13.4. The van der Waals surface area contributed by atoms with Crippen LogP contribution >= 0.6 is 39.0 Å². The van der Waals surface area contributed by atoms with E-state index in [9.17, 15) is 9.59 Å². The summed E-state index contributed by atoms with van der Waals surface area (Å²) in [6.45, 7) is 1.97. The maximum absolute atomic E-state index is 13.4. The minimum absolute atomic E-state index is 0.0163. The lowest BCUT2D eigenvalue weighted by Gasteiger charge is -2.17. The van der Waals surface area contributed by atoms with Crippen LogP contribution in [0, 0.1) is 0 Å². The second-order valence-corrected chi connectivity index (χ2v) is 10.7. The summed E-state index contributed by atoms with van der Waals surface area (Å²) in [7, 11) is 0. The molecular weight excluding hydrogens is 542 g/mol. The van der Waals surface area contributed by atoms with Crippen LogP contribution in [0.3, 0.4) is 0 Å². The van der Waals surface area contributed by atoms with Crippen molar-refractivity contribution < 1.29 is 9.59 Å². The van der Waals surface area contributed by atoms with E-state index < -0.39 is 5.25 Å². The molecule has 0 aliphatic heterocycles. The molecule has 0 fully saturated rings. The summed E-state index contributed by atoms with van der Waals surface area (Å²) in [6.07, 6.45) is 1.26. The molecule has 178 valence electrons. The van der Waals surface area contributed by atoms with Crippen molar-refractivity contribution in [3.8, 4) is 11.3 Å². The first-order chi connectivity index (χ1) is 17.0. The summed E-state index contributed by atoms with van der Waals surface area (Å²) in [5, 5.41) is 7.92. The van der Waals surface area contributed by atoms with Gasteiger partial charge in [-0.05, 0) is 42.3 Å². The highest BCUT2D eigenvalue weighted by Gasteiger charge is 2.23. The van der Waals surface area contributed by atoms with Crippen LogP contribution in [0.15, 0.2) is 93.6 Å². The van der Waals surface area contributed by atoms with E-state index in [1.54, 1.807) is 0 Å². The highest BCUT2D eigenvalue weighted by atomic mass is 79.9. The molecule has 2 N–H and O–H groups in total. The van der Waals surface area contributed by atoms with Gasteiger partial charge in [-0.25, -0.2) is 4.98 Å². The molecule has 0 saturated heterocycles. The van der Waals surface area contributed by atoms with Crippen molar-refractivity contribution in [3.05, 3.63) is 94.3 Å². The zero-order valence-corrected chi connectivity index (χ0v) is 22.3. The highest BCUT2D eigenvalue weighted by molar-refractivity contribution is 9.10. The smallest absolute Gasteiger partial charge is 0.244 e. The molecule has 0 spiro atoms. The largest absolute Gasteiger partial charge is 0.326 e. The topological polar surface area (TPSA) is 71.1 Å². The second-order valence-electron chi connectivity index (χ2n) is 7.77. The molecule has 1 unspecified atom stereocenters. The van der Waals surface area contributed by atoms with E-state index >= 15 is 0 Å². The molecule has 1 aromatic heterocycles. The summed E-state index contributed by atoms with van der Waals surface area (Å²) < 4.78 is 1.00. The van der Waals surface area contributed by atoms with Crippen molar-refractivity contribution in [2.45, 2.75) is 29.9 Å². The van der Waals surface area contributed by atoms with Gasteiger partial charge in [0.1, 0.15) is 5.25 Å². The van der Waals surface area contributed by atoms with E-state index in [2.05, 4.69) is 31.5 Å². The number of thiazole rings is 1. The molecule has 8 heteroatoms. The number of aromatic nitrogens is 1. The number of thioether (sulfide) groups is 1. The van der Waals surface area contributed by atoms with Gasteiger partial charge in [0.15, 0.2) is 5.13 Å². The van der Waals surface area contributed by atoms with Crippen molar-refractivity contribution in [2.24, 2.45) is 0 Å². The average Bonchev–Trinajstić information content (AvgIpc) is 3.32. The van der Waals surface area contributed by atoms with E-state index in [1.165, 1.54) is 23.1 Å². The Balaban J connectivity index is 1.52. The Bertz CT molecular complexity index is 1290. The first kappa shape index (κ1) is 25.2. The lowest BCUT2D eigenvalue weighted by atomic mass is 10.1. The van der Waals surface area contributed by atoms with Crippen LogP contribution in [0.2, 0.25) is 0 Å². The van der Waals surface area contributed by atoms with E-state index in [0.29, 0.717) is 11.6 Å². The minimum atomic E-state index is -0.488. The quantitative estimate of drug-likeness (QED) is 0.203. The predicted molar refractivity (Wildman–Crippen MR) is 149 cm³/mol. The number of hydrogen-bond acceptors (Lipinski definition) is 5. The molecule has 0 saturated carbocycles. The van der Waals surface area contributed by atoms with E-state index in [0.717, 1.165) is 38.3 Å². The number of amides is 2. The van der Waals surface area contributed by atoms with Crippen molar-refractivity contribution in [1.29, 1.82) is 0 Å². The van der Waals surface area contributed by atoms with E-state index in [1.807, 2.05) is 91.2 Å². The van der Waals surface area contributed by atoms with Crippen LogP contribution in [0.4, 0.5) is 10.8 Å². The molecule has 1 heterocycles. The van der Waals surface area contributed by atoms with Crippen molar-refractivity contribution in [2.75, 3.05) is 10.6 Å². The number of hydrogen-bond donors (Lipinski definition) is 2. The summed E-state index contributed by atoms with van der Waals surface area (Å²) >= 11 is 6.28. The van der Waals surface area contributed by atoms with Gasteiger partial charge in [-0.3, -0.25) is 9.59 Å². The third kappa shape index (κ3) is 7.04. The van der Waals surface area contributed by atoms with Gasteiger partial charge in [-0.1, -0.05) is 71.4 Å². The fourth-order valence-electron chi connectivity index (χ4n) is 3.39. The first-order valence-corrected chi connectivity index (χ1v) is 13.7. The molecule has 4 rings (SSSR count). The molecule has 0 aliphatic rings. The third-order valence-corrected chi connectivity index (χ3v) is 7.60. The Kier molecular flexibility index (Phi) is 8.74. The summed E-state index contributed by atoms with van der Waals surface area (Å²) in [5.74, 6) is -0.171. The Hall–Kier alpha value is -2.94. The highest BCUT2D eigenvalue weighted by Crippen LogP contribution is 2.37. The van der Waals surface area contributed by atoms with E-state index in [4.69, 9.17) is 0 Å². The Morgan fingerprint density at radius 3 is 2.51 bits per heavy atom. The number of nitrogens with one attached hydrogen (secondary N) is 2. The number of anilines is 2. The molecule has 2 amide bonds. The lowest BCUT2D eigenvalue weighted by Crippen LogP contribution is -2.19. The summed E-state index contributed by atoms with van der Waals surface area (Å²) in [6, 6.07) is 25.1. The number of nitrogens with zero attached hydrogens (tertiary/aromatic N) is 1. The zero-order valence-electron chi connectivity index (χ0n) is 19.0. The Labute approximate surface area is 221 Å². The molecule has 1 atom stereocenters. The van der Waals surface area contributed by atoms with Gasteiger partial charge < -0.3 is 10.6 Å².